The molecule has 1 aromatic heterocycles. The molecule has 0 bridgehead atoms. The molecule has 0 unspecified atom stereocenters. The van der Waals surface area contributed by atoms with E-state index in [9.17, 15) is 0 Å². The Morgan fingerprint density at radius 1 is 1.28 bits per heavy atom. The third-order valence-electron chi connectivity index (χ3n) is 3.49. The van der Waals surface area contributed by atoms with Gasteiger partial charge in [-0.25, -0.2) is 0 Å². The number of aromatic amines is 1. The number of hydrogen-bond acceptors (Lipinski definition) is 6. The van der Waals surface area contributed by atoms with E-state index in [1.54, 1.807) is 0 Å². The average molecular weight is 268 g/mol. The van der Waals surface area contributed by atoms with Crippen LogP contribution in [0.15, 0.2) is 0 Å². The van der Waals surface area contributed by atoms with Crippen LogP contribution in [0.4, 0.5) is 5.82 Å². The molecule has 1 aromatic rings. The highest BCUT2D eigenvalue weighted by Crippen LogP contribution is 2.32. The lowest BCUT2D eigenvalue weighted by Crippen LogP contribution is -2.45. The molecule has 2 saturated heterocycles. The molecule has 0 amide bonds. The number of piperidine rings is 1. The summed E-state index contributed by atoms with van der Waals surface area (Å²) < 4.78 is 11.8. The normalized spacial score (nSPS) is 22.6. The number of nitrogens with zero attached hydrogens (tertiary/aromatic N) is 3. The molecule has 2 fully saturated rings. The highest BCUT2D eigenvalue weighted by atomic mass is 32.1. The van der Waals surface area contributed by atoms with Crippen LogP contribution in [0.5, 0.6) is 0 Å². The van der Waals surface area contributed by atoms with Crippen LogP contribution in [0.25, 0.3) is 0 Å². The van der Waals surface area contributed by atoms with Crippen molar-refractivity contribution in [1.29, 1.82) is 0 Å². The van der Waals surface area contributed by atoms with Crippen LogP contribution in [0.2, 0.25) is 0 Å². The van der Waals surface area contributed by atoms with Crippen molar-refractivity contribution in [1.82, 2.24) is 15.2 Å². The highest BCUT2D eigenvalue weighted by Gasteiger charge is 2.40. The number of nitrogens with one attached hydrogen (secondary N) is 1. The Morgan fingerprint density at radius 3 is 2.61 bits per heavy atom. The van der Waals surface area contributed by atoms with Gasteiger partial charge < -0.3 is 14.4 Å². The molecule has 0 aliphatic carbocycles. The van der Waals surface area contributed by atoms with Crippen molar-refractivity contribution in [3.63, 3.8) is 0 Å². The molecule has 98 valence electrons. The second kappa shape index (κ2) is 4.56. The lowest BCUT2D eigenvalue weighted by Gasteiger charge is -2.38. The Balaban J connectivity index is 1.76. The van der Waals surface area contributed by atoms with Gasteiger partial charge in [0.2, 0.25) is 4.77 Å². The summed E-state index contributed by atoms with van der Waals surface area (Å²) in [4.78, 5) is 6.55. The monoisotopic (exact) mass is 268 g/mol. The maximum Gasteiger partial charge on any atom is 0.215 e. The molecular formula is C11H16N4O2S. The van der Waals surface area contributed by atoms with Gasteiger partial charge in [-0.3, -0.25) is 5.10 Å². The molecule has 6 nitrogen and oxygen atoms in total. The van der Waals surface area contributed by atoms with Gasteiger partial charge in [0.1, 0.15) is 5.69 Å². The molecule has 3 rings (SSSR count). The van der Waals surface area contributed by atoms with Gasteiger partial charge in [-0.1, -0.05) is 0 Å². The number of ether oxygens (including phenoxy) is 2. The van der Waals surface area contributed by atoms with Crippen LogP contribution in [0.3, 0.4) is 0 Å². The first-order valence-electron chi connectivity index (χ1n) is 6.15. The van der Waals surface area contributed by atoms with E-state index in [1.807, 2.05) is 6.92 Å². The van der Waals surface area contributed by atoms with Crippen molar-refractivity contribution < 1.29 is 9.47 Å². The second-order valence-electron chi connectivity index (χ2n) is 4.64. The molecule has 0 saturated carbocycles. The smallest absolute Gasteiger partial charge is 0.215 e. The number of aromatic nitrogens is 3. The van der Waals surface area contributed by atoms with E-state index >= 15 is 0 Å². The van der Waals surface area contributed by atoms with Gasteiger partial charge in [0, 0.05) is 25.9 Å². The summed E-state index contributed by atoms with van der Waals surface area (Å²) in [6, 6.07) is 0. The first-order chi connectivity index (χ1) is 8.69. The van der Waals surface area contributed by atoms with E-state index in [1.165, 1.54) is 0 Å². The minimum Gasteiger partial charge on any atom is -0.355 e. The highest BCUT2D eigenvalue weighted by molar-refractivity contribution is 7.71. The largest absolute Gasteiger partial charge is 0.355 e. The van der Waals surface area contributed by atoms with Gasteiger partial charge in [0.05, 0.1) is 13.2 Å². The summed E-state index contributed by atoms with van der Waals surface area (Å²) in [5, 5.41) is 6.85. The van der Waals surface area contributed by atoms with Gasteiger partial charge in [0.15, 0.2) is 11.6 Å². The lowest BCUT2D eigenvalue weighted by molar-refractivity contribution is -0.169. The molecule has 1 N–H and O–H groups in total. The lowest BCUT2D eigenvalue weighted by atomic mass is 10.0. The predicted octanol–water partition coefficient (Wildman–Crippen LogP) is 1.19. The molecule has 7 heteroatoms. The quantitative estimate of drug-likeness (QED) is 0.772. The molecule has 2 aliphatic heterocycles. The average Bonchev–Trinajstić information content (AvgIpc) is 2.82. The van der Waals surface area contributed by atoms with Gasteiger partial charge in [-0.2, -0.15) is 10.1 Å². The zero-order chi connectivity index (χ0) is 12.6. The Morgan fingerprint density at radius 2 is 1.94 bits per heavy atom. The van der Waals surface area contributed by atoms with Crippen molar-refractivity contribution >= 4 is 18.0 Å². The number of anilines is 1. The molecule has 2 aliphatic rings. The van der Waals surface area contributed by atoms with Crippen LogP contribution in [0, 0.1) is 11.7 Å². The van der Waals surface area contributed by atoms with Crippen molar-refractivity contribution in [2.45, 2.75) is 25.6 Å². The number of aryl methyl sites for hydroxylation is 1. The van der Waals surface area contributed by atoms with E-state index in [4.69, 9.17) is 21.7 Å². The van der Waals surface area contributed by atoms with Gasteiger partial charge in [0.25, 0.3) is 0 Å². The van der Waals surface area contributed by atoms with Crippen LogP contribution in [-0.2, 0) is 9.47 Å². The summed E-state index contributed by atoms with van der Waals surface area (Å²) in [7, 11) is 0. The second-order valence-corrected chi connectivity index (χ2v) is 5.03. The molecule has 1 spiro atoms. The van der Waals surface area contributed by atoms with Crippen LogP contribution < -0.4 is 4.90 Å². The fourth-order valence-electron chi connectivity index (χ4n) is 2.53. The summed E-state index contributed by atoms with van der Waals surface area (Å²) >= 11 is 5.02. The molecular weight excluding hydrogens is 252 g/mol. The standard InChI is InChI=1S/C11H16N4O2S/c1-8-9(12-10(18)14-13-8)15-4-2-11(3-5-15)16-6-7-17-11/h2-7H2,1H3,(H,12,14,18). The molecule has 3 heterocycles. The SMILES string of the molecule is Cc1n[nH]c(=S)nc1N1CCC2(CC1)OCCO2. The van der Waals surface area contributed by atoms with Crippen molar-refractivity contribution in [2.75, 3.05) is 31.2 Å². The summed E-state index contributed by atoms with van der Waals surface area (Å²) in [5.41, 5.74) is 0.868. The Labute approximate surface area is 110 Å². The predicted molar refractivity (Wildman–Crippen MR) is 68.0 cm³/mol. The molecule has 0 atom stereocenters. The van der Waals surface area contributed by atoms with Crippen molar-refractivity contribution in [2.24, 2.45) is 0 Å². The van der Waals surface area contributed by atoms with Gasteiger partial charge in [-0.05, 0) is 19.1 Å². The molecule has 0 aromatic carbocycles. The minimum absolute atomic E-state index is 0.352. The first kappa shape index (κ1) is 12.0. The molecule has 0 radical (unpaired) electrons. The van der Waals surface area contributed by atoms with Crippen LogP contribution >= 0.6 is 12.2 Å². The fraction of sp³-hybridized carbons (Fsp3) is 0.727. The van der Waals surface area contributed by atoms with Crippen molar-refractivity contribution in [3.05, 3.63) is 10.5 Å². The minimum atomic E-state index is -0.352. The maximum atomic E-state index is 5.71. The van der Waals surface area contributed by atoms with E-state index in [0.717, 1.165) is 37.4 Å². The number of H-pyrrole nitrogens is 1. The summed E-state index contributed by atoms with van der Waals surface area (Å²) in [6.45, 7) is 5.05. The first-order valence-corrected chi connectivity index (χ1v) is 6.56. The zero-order valence-electron chi connectivity index (χ0n) is 10.3. The van der Waals surface area contributed by atoms with E-state index in [-0.39, 0.29) is 5.79 Å². The van der Waals surface area contributed by atoms with Crippen LogP contribution in [-0.4, -0.2) is 47.3 Å². The van der Waals surface area contributed by atoms with E-state index in [0.29, 0.717) is 18.0 Å². The maximum absolute atomic E-state index is 5.71. The van der Waals surface area contributed by atoms with Gasteiger partial charge >= 0.3 is 0 Å². The Bertz CT molecular complexity index is 488. The summed E-state index contributed by atoms with van der Waals surface area (Å²) in [5.74, 6) is 0.516. The molecule has 18 heavy (non-hydrogen) atoms. The third-order valence-corrected chi connectivity index (χ3v) is 3.67. The summed E-state index contributed by atoms with van der Waals surface area (Å²) in [6.07, 6.45) is 1.72. The topological polar surface area (TPSA) is 63.3 Å². The van der Waals surface area contributed by atoms with Gasteiger partial charge in [-0.15, -0.1) is 0 Å². The number of rotatable bonds is 1. The van der Waals surface area contributed by atoms with Crippen LogP contribution in [0.1, 0.15) is 18.5 Å². The third kappa shape index (κ3) is 2.13. The van der Waals surface area contributed by atoms with Crippen molar-refractivity contribution in [3.8, 4) is 0 Å². The zero-order valence-corrected chi connectivity index (χ0v) is 11.1. The van der Waals surface area contributed by atoms with E-state index in [2.05, 4.69) is 20.1 Å². The fourth-order valence-corrected chi connectivity index (χ4v) is 2.66. The Hall–Kier alpha value is -1.05. The Kier molecular flexibility index (Phi) is 3.04. The number of hydrogen-bond donors (Lipinski definition) is 1. The van der Waals surface area contributed by atoms with E-state index < -0.39 is 0 Å².